The van der Waals surface area contributed by atoms with E-state index in [0.717, 1.165) is 4.57 Å². The summed E-state index contributed by atoms with van der Waals surface area (Å²) < 4.78 is 15.9. The van der Waals surface area contributed by atoms with Gasteiger partial charge >= 0.3 is 18.5 Å². The third kappa shape index (κ3) is 2.57. The maximum Gasteiger partial charge on any atom is 0.489 e. The molecule has 28 heavy (non-hydrogen) atoms. The van der Waals surface area contributed by atoms with Gasteiger partial charge < -0.3 is 9.31 Å². The molecule has 2 aliphatic heterocycles. The molecule has 0 amide bonds. The Kier molecular flexibility index (Phi) is 4.13. The molecule has 1 fully saturated rings. The number of rotatable bonds is 3. The van der Waals surface area contributed by atoms with Crippen molar-refractivity contribution >= 4 is 13.4 Å². The van der Waals surface area contributed by atoms with Crippen molar-refractivity contribution in [1.82, 2.24) is 13.9 Å². The van der Waals surface area contributed by atoms with Crippen LogP contribution in [-0.4, -0.2) is 38.5 Å². The van der Waals surface area contributed by atoms with Crippen molar-refractivity contribution in [3.8, 4) is 5.69 Å². The highest BCUT2D eigenvalue weighted by atomic mass is 16.7. The summed E-state index contributed by atoms with van der Waals surface area (Å²) in [6.45, 7) is 7.70. The molecule has 2 aromatic rings. The van der Waals surface area contributed by atoms with Crippen LogP contribution in [0.15, 0.2) is 51.6 Å². The summed E-state index contributed by atoms with van der Waals surface area (Å²) in [5.41, 5.74) is -1.47. The van der Waals surface area contributed by atoms with Gasteiger partial charge in [0.05, 0.1) is 23.4 Å². The zero-order valence-electron chi connectivity index (χ0n) is 16.3. The fourth-order valence-electron chi connectivity index (χ4n) is 3.59. The van der Waals surface area contributed by atoms with E-state index < -0.39 is 35.6 Å². The SMILES string of the molecule is CC1(C)OB([C@@H]2C(C=O)=CCn3c(=O)n(-c4ccccc4)c(=O)n32)OC1(C)C. The summed E-state index contributed by atoms with van der Waals surface area (Å²) >= 11 is 0. The molecule has 0 unspecified atom stereocenters. The smallest absolute Gasteiger partial charge is 0.402 e. The maximum atomic E-state index is 13.2. The van der Waals surface area contributed by atoms with Crippen LogP contribution in [-0.2, 0) is 20.6 Å². The number of allylic oxidation sites excluding steroid dienone is 2. The number of hydrogen-bond donors (Lipinski definition) is 0. The Balaban J connectivity index is 1.89. The number of benzene rings is 1. The lowest BCUT2D eigenvalue weighted by Crippen LogP contribution is -2.44. The minimum absolute atomic E-state index is 0.123. The van der Waals surface area contributed by atoms with E-state index in [1.165, 1.54) is 9.36 Å². The summed E-state index contributed by atoms with van der Waals surface area (Å²) in [4.78, 5) is 37.9. The standard InChI is InChI=1S/C19H22BN3O5/c1-18(2)19(3,4)28-20(27-18)15-13(12-24)10-11-21-16(25)22(17(26)23(15)21)14-8-6-5-7-9-14/h5-10,12,15H,11H2,1-4H3/t15-/m0/s1. The minimum atomic E-state index is -0.878. The molecule has 4 rings (SSSR count). The monoisotopic (exact) mass is 383 g/mol. The number of carbonyl (C=O) groups is 1. The van der Waals surface area contributed by atoms with Crippen LogP contribution in [0.5, 0.6) is 0 Å². The average molecular weight is 383 g/mol. The summed E-state index contributed by atoms with van der Waals surface area (Å²) in [7, 11) is -0.878. The average Bonchev–Trinajstić information content (AvgIpc) is 3.03. The van der Waals surface area contributed by atoms with E-state index in [2.05, 4.69) is 0 Å². The van der Waals surface area contributed by atoms with Gasteiger partial charge in [-0.1, -0.05) is 24.3 Å². The van der Waals surface area contributed by atoms with Gasteiger partial charge in [0.25, 0.3) is 0 Å². The molecule has 1 saturated heterocycles. The van der Waals surface area contributed by atoms with Gasteiger partial charge in [0, 0.05) is 5.57 Å². The van der Waals surface area contributed by atoms with E-state index >= 15 is 0 Å². The highest BCUT2D eigenvalue weighted by molar-refractivity contribution is 6.48. The molecule has 9 heteroatoms. The number of fused-ring (bicyclic) bond motifs is 1. The molecule has 0 radical (unpaired) electrons. The lowest BCUT2D eigenvalue weighted by Gasteiger charge is -2.32. The topological polar surface area (TPSA) is 84.5 Å². The summed E-state index contributed by atoms with van der Waals surface area (Å²) in [6.07, 6.45) is 2.33. The zero-order chi connectivity index (χ0) is 20.3. The first-order valence-electron chi connectivity index (χ1n) is 9.18. The van der Waals surface area contributed by atoms with Crippen molar-refractivity contribution in [2.75, 3.05) is 0 Å². The molecule has 0 spiro atoms. The first-order chi connectivity index (χ1) is 13.2. The number of aldehydes is 1. The fourth-order valence-corrected chi connectivity index (χ4v) is 3.59. The van der Waals surface area contributed by atoms with Crippen molar-refractivity contribution in [3.63, 3.8) is 0 Å². The number of para-hydroxylation sites is 1. The Labute approximate surface area is 162 Å². The summed E-state index contributed by atoms with van der Waals surface area (Å²) in [5.74, 6) is -0.850. The first-order valence-corrected chi connectivity index (χ1v) is 9.18. The highest BCUT2D eigenvalue weighted by Gasteiger charge is 2.56. The van der Waals surface area contributed by atoms with Crippen molar-refractivity contribution in [2.24, 2.45) is 0 Å². The van der Waals surface area contributed by atoms with E-state index in [0.29, 0.717) is 17.5 Å². The molecular formula is C19H22BN3O5. The summed E-state index contributed by atoms with van der Waals surface area (Å²) in [6, 6.07) is 8.69. The molecular weight excluding hydrogens is 361 g/mol. The molecule has 146 valence electrons. The fraction of sp³-hybridized carbons (Fsp3) is 0.421. The summed E-state index contributed by atoms with van der Waals surface area (Å²) in [5, 5.41) is 0. The second-order valence-corrected chi connectivity index (χ2v) is 8.05. The Hall–Kier alpha value is -2.65. The van der Waals surface area contributed by atoms with Gasteiger partial charge in [0.1, 0.15) is 12.2 Å². The lowest BCUT2D eigenvalue weighted by atomic mass is 9.73. The molecule has 2 aliphatic rings. The second kappa shape index (κ2) is 6.18. The quantitative estimate of drug-likeness (QED) is 0.586. The third-order valence-electron chi connectivity index (χ3n) is 5.84. The number of carbonyl (C=O) groups excluding carboxylic acids is 1. The Bertz CT molecular complexity index is 1060. The van der Waals surface area contributed by atoms with E-state index in [1.807, 2.05) is 27.7 Å². The Morgan fingerprint density at radius 3 is 2.21 bits per heavy atom. The molecule has 0 bridgehead atoms. The van der Waals surface area contributed by atoms with Gasteiger partial charge in [-0.2, -0.15) is 0 Å². The van der Waals surface area contributed by atoms with Crippen LogP contribution in [0.2, 0.25) is 0 Å². The molecule has 8 nitrogen and oxygen atoms in total. The van der Waals surface area contributed by atoms with Crippen molar-refractivity contribution in [3.05, 3.63) is 62.9 Å². The number of aromatic nitrogens is 3. The predicted molar refractivity (Wildman–Crippen MR) is 104 cm³/mol. The van der Waals surface area contributed by atoms with Gasteiger partial charge in [0.15, 0.2) is 0 Å². The Morgan fingerprint density at radius 2 is 1.64 bits per heavy atom. The van der Waals surface area contributed by atoms with Crippen LogP contribution < -0.4 is 11.4 Å². The van der Waals surface area contributed by atoms with E-state index in [9.17, 15) is 14.4 Å². The van der Waals surface area contributed by atoms with Gasteiger partial charge in [0.2, 0.25) is 0 Å². The van der Waals surface area contributed by atoms with E-state index in [4.69, 9.17) is 9.31 Å². The molecule has 1 atom stereocenters. The van der Waals surface area contributed by atoms with E-state index in [1.54, 1.807) is 36.4 Å². The van der Waals surface area contributed by atoms with Crippen molar-refractivity contribution < 1.29 is 14.1 Å². The highest BCUT2D eigenvalue weighted by Crippen LogP contribution is 2.41. The maximum absolute atomic E-state index is 13.2. The molecule has 0 aliphatic carbocycles. The minimum Gasteiger partial charge on any atom is -0.402 e. The van der Waals surface area contributed by atoms with Crippen LogP contribution in [0.3, 0.4) is 0 Å². The van der Waals surface area contributed by atoms with Gasteiger partial charge in [-0.15, -0.1) is 0 Å². The van der Waals surface area contributed by atoms with Crippen LogP contribution in [0.1, 0.15) is 33.6 Å². The van der Waals surface area contributed by atoms with Crippen LogP contribution in [0, 0.1) is 0 Å². The second-order valence-electron chi connectivity index (χ2n) is 8.05. The van der Waals surface area contributed by atoms with Crippen LogP contribution in [0.25, 0.3) is 5.69 Å². The largest absolute Gasteiger partial charge is 0.489 e. The molecule has 0 N–H and O–H groups in total. The van der Waals surface area contributed by atoms with Gasteiger partial charge in [-0.25, -0.2) is 23.5 Å². The zero-order valence-corrected chi connectivity index (χ0v) is 16.3. The van der Waals surface area contributed by atoms with Gasteiger partial charge in [-0.3, -0.25) is 4.79 Å². The first kappa shape index (κ1) is 18.7. The molecule has 1 aromatic carbocycles. The lowest BCUT2D eigenvalue weighted by molar-refractivity contribution is -0.105. The van der Waals surface area contributed by atoms with Crippen molar-refractivity contribution in [2.45, 2.75) is 51.4 Å². The van der Waals surface area contributed by atoms with E-state index in [-0.39, 0.29) is 6.54 Å². The third-order valence-corrected chi connectivity index (χ3v) is 5.84. The van der Waals surface area contributed by atoms with Crippen molar-refractivity contribution in [1.29, 1.82) is 0 Å². The number of hydrogen-bond acceptors (Lipinski definition) is 5. The molecule has 3 heterocycles. The molecule has 0 saturated carbocycles. The van der Waals surface area contributed by atoms with Crippen LogP contribution >= 0.6 is 0 Å². The van der Waals surface area contributed by atoms with Gasteiger partial charge in [-0.05, 0) is 39.8 Å². The number of nitrogens with zero attached hydrogens (tertiary/aromatic N) is 3. The normalized spacial score (nSPS) is 22.6. The van der Waals surface area contributed by atoms with Crippen LogP contribution in [0.4, 0.5) is 0 Å². The molecule has 1 aromatic heterocycles. The predicted octanol–water partition coefficient (Wildman–Crippen LogP) is 1.11. The Morgan fingerprint density at radius 1 is 1.04 bits per heavy atom.